The first-order valence-corrected chi connectivity index (χ1v) is 11.9. The molecule has 2 aromatic carbocycles. The summed E-state index contributed by atoms with van der Waals surface area (Å²) >= 11 is 1.46. The highest BCUT2D eigenvalue weighted by atomic mass is 32.2. The third-order valence-electron chi connectivity index (χ3n) is 4.97. The Morgan fingerprint density at radius 3 is 2.41 bits per heavy atom. The molecule has 6 nitrogen and oxygen atoms in total. The van der Waals surface area contributed by atoms with Crippen molar-refractivity contribution in [3.8, 4) is 0 Å². The topological polar surface area (TPSA) is 70.6 Å². The van der Waals surface area contributed by atoms with Crippen LogP contribution in [0.25, 0.3) is 10.2 Å². The van der Waals surface area contributed by atoms with Gasteiger partial charge in [0.2, 0.25) is 5.91 Å². The Kier molecular flexibility index (Phi) is 5.26. The number of amides is 1. The fourth-order valence-electron chi connectivity index (χ4n) is 3.33. The molecular formula is C20H20FN3O3S2. The minimum Gasteiger partial charge on any atom is -0.345 e. The van der Waals surface area contributed by atoms with Gasteiger partial charge < -0.3 is 9.80 Å². The van der Waals surface area contributed by atoms with Crippen molar-refractivity contribution >= 4 is 42.4 Å². The highest BCUT2D eigenvalue weighted by molar-refractivity contribution is 7.90. The molecule has 29 heavy (non-hydrogen) atoms. The monoisotopic (exact) mass is 433 g/mol. The molecule has 0 saturated carbocycles. The number of benzene rings is 2. The quantitative estimate of drug-likeness (QED) is 0.633. The van der Waals surface area contributed by atoms with E-state index in [0.717, 1.165) is 21.7 Å². The lowest BCUT2D eigenvalue weighted by atomic mass is 10.1. The summed E-state index contributed by atoms with van der Waals surface area (Å²) < 4.78 is 37.8. The van der Waals surface area contributed by atoms with Crippen molar-refractivity contribution in [1.29, 1.82) is 0 Å². The fraction of sp³-hybridized carbons (Fsp3) is 0.300. The Bertz CT molecular complexity index is 1150. The molecule has 1 aliphatic heterocycles. The summed E-state index contributed by atoms with van der Waals surface area (Å²) in [5, 5.41) is 0.772. The first-order valence-electron chi connectivity index (χ1n) is 9.18. The molecule has 0 aliphatic carbocycles. The van der Waals surface area contributed by atoms with E-state index >= 15 is 0 Å². The summed E-state index contributed by atoms with van der Waals surface area (Å²) in [6.45, 7) is 2.41. The van der Waals surface area contributed by atoms with Crippen molar-refractivity contribution in [3.05, 3.63) is 53.8 Å². The molecule has 4 rings (SSSR count). The van der Waals surface area contributed by atoms with Crippen molar-refractivity contribution in [1.82, 2.24) is 9.88 Å². The lowest BCUT2D eigenvalue weighted by Gasteiger charge is -2.34. The molecule has 2 heterocycles. The van der Waals surface area contributed by atoms with E-state index in [1.807, 2.05) is 6.07 Å². The van der Waals surface area contributed by atoms with Crippen LogP contribution < -0.4 is 4.90 Å². The number of hydrogen-bond donors (Lipinski definition) is 0. The summed E-state index contributed by atoms with van der Waals surface area (Å²) in [5.41, 5.74) is 1.18. The molecule has 1 saturated heterocycles. The third kappa shape index (κ3) is 4.25. The molecule has 0 atom stereocenters. The van der Waals surface area contributed by atoms with Crippen LogP contribution in [0.1, 0.15) is 5.56 Å². The number of rotatable bonds is 4. The van der Waals surface area contributed by atoms with Gasteiger partial charge in [-0.3, -0.25) is 4.79 Å². The highest BCUT2D eigenvalue weighted by Gasteiger charge is 2.23. The Balaban J connectivity index is 1.37. The van der Waals surface area contributed by atoms with Crippen molar-refractivity contribution in [2.24, 2.45) is 0 Å². The van der Waals surface area contributed by atoms with Gasteiger partial charge in [0.25, 0.3) is 0 Å². The minimum absolute atomic E-state index is 0.00657. The van der Waals surface area contributed by atoms with E-state index in [-0.39, 0.29) is 23.0 Å². The van der Waals surface area contributed by atoms with Crippen LogP contribution in [-0.2, 0) is 21.1 Å². The zero-order chi connectivity index (χ0) is 20.6. The standard InChI is InChI=1S/C20H20FN3O3S2/c1-29(26,27)15-7-5-14(6-8-15)13-18(25)23-9-11-24(12-10-23)20-22-19-16(21)3-2-4-17(19)28-20/h2-8H,9-13H2,1H3. The summed E-state index contributed by atoms with van der Waals surface area (Å²) in [4.78, 5) is 21.1. The van der Waals surface area contributed by atoms with Gasteiger partial charge in [-0.15, -0.1) is 0 Å². The van der Waals surface area contributed by atoms with E-state index in [9.17, 15) is 17.6 Å². The number of piperazine rings is 1. The molecule has 1 aliphatic rings. The molecule has 9 heteroatoms. The predicted octanol–water partition coefficient (Wildman–Crippen LogP) is 2.73. The SMILES string of the molecule is CS(=O)(=O)c1ccc(CC(=O)N2CCN(c3nc4c(F)cccc4s3)CC2)cc1. The number of hydrogen-bond acceptors (Lipinski definition) is 6. The van der Waals surface area contributed by atoms with Crippen molar-refractivity contribution in [2.45, 2.75) is 11.3 Å². The van der Waals surface area contributed by atoms with Gasteiger partial charge in [0.1, 0.15) is 11.3 Å². The Morgan fingerprint density at radius 1 is 1.10 bits per heavy atom. The zero-order valence-corrected chi connectivity index (χ0v) is 17.5. The maximum absolute atomic E-state index is 13.9. The third-order valence-corrected chi connectivity index (χ3v) is 7.18. The van der Waals surface area contributed by atoms with Crippen LogP contribution in [0.2, 0.25) is 0 Å². The molecule has 1 aromatic heterocycles. The average molecular weight is 434 g/mol. The summed E-state index contributed by atoms with van der Waals surface area (Å²) in [6.07, 6.45) is 1.39. The molecular weight excluding hydrogens is 413 g/mol. The van der Waals surface area contributed by atoms with Gasteiger partial charge in [0, 0.05) is 32.4 Å². The summed E-state index contributed by atoms with van der Waals surface area (Å²) in [5.74, 6) is -0.312. The van der Waals surface area contributed by atoms with Crippen molar-refractivity contribution < 1.29 is 17.6 Å². The van der Waals surface area contributed by atoms with Crippen molar-refractivity contribution in [2.75, 3.05) is 37.3 Å². The van der Waals surface area contributed by atoms with Gasteiger partial charge >= 0.3 is 0 Å². The molecule has 0 N–H and O–H groups in total. The lowest BCUT2D eigenvalue weighted by molar-refractivity contribution is -0.130. The summed E-state index contributed by atoms with van der Waals surface area (Å²) in [7, 11) is -3.24. The van der Waals surface area contributed by atoms with E-state index in [2.05, 4.69) is 9.88 Å². The maximum atomic E-state index is 13.9. The number of sulfone groups is 1. The van der Waals surface area contributed by atoms with E-state index < -0.39 is 9.84 Å². The second kappa shape index (κ2) is 7.72. The number of thiazole rings is 1. The summed E-state index contributed by atoms with van der Waals surface area (Å²) in [6, 6.07) is 11.4. The molecule has 0 unspecified atom stereocenters. The Morgan fingerprint density at radius 2 is 1.79 bits per heavy atom. The predicted molar refractivity (Wildman–Crippen MR) is 112 cm³/mol. The average Bonchev–Trinajstić information content (AvgIpc) is 3.14. The minimum atomic E-state index is -3.24. The van der Waals surface area contributed by atoms with Crippen molar-refractivity contribution in [3.63, 3.8) is 0 Å². The smallest absolute Gasteiger partial charge is 0.227 e. The number of carbonyl (C=O) groups excluding carboxylic acids is 1. The lowest BCUT2D eigenvalue weighted by Crippen LogP contribution is -2.49. The van der Waals surface area contributed by atoms with Gasteiger partial charge in [0.15, 0.2) is 15.0 Å². The number of fused-ring (bicyclic) bond motifs is 1. The Hall–Kier alpha value is -2.52. The number of anilines is 1. The molecule has 1 amide bonds. The molecule has 1 fully saturated rings. The number of carbonyl (C=O) groups is 1. The van der Waals surface area contributed by atoms with Crippen LogP contribution in [0.4, 0.5) is 9.52 Å². The van der Waals surface area contributed by atoms with Gasteiger partial charge in [-0.25, -0.2) is 17.8 Å². The van der Waals surface area contributed by atoms with Gasteiger partial charge in [-0.05, 0) is 29.8 Å². The largest absolute Gasteiger partial charge is 0.345 e. The first kappa shape index (κ1) is 19.8. The first-order chi connectivity index (χ1) is 13.8. The molecule has 0 radical (unpaired) electrons. The van der Waals surface area contributed by atoms with E-state index in [1.165, 1.54) is 29.5 Å². The van der Waals surface area contributed by atoms with E-state index in [0.29, 0.717) is 31.7 Å². The second-order valence-corrected chi connectivity index (χ2v) is 10.1. The van der Waals surface area contributed by atoms with Crippen LogP contribution in [-0.4, -0.2) is 56.6 Å². The second-order valence-electron chi connectivity index (χ2n) is 7.04. The van der Waals surface area contributed by atoms with Crippen LogP contribution >= 0.6 is 11.3 Å². The number of para-hydroxylation sites is 1. The number of aromatic nitrogens is 1. The molecule has 0 bridgehead atoms. The number of nitrogens with zero attached hydrogens (tertiary/aromatic N) is 3. The Labute approximate surface area is 172 Å². The molecule has 152 valence electrons. The highest BCUT2D eigenvalue weighted by Crippen LogP contribution is 2.30. The van der Waals surface area contributed by atoms with Gasteiger partial charge in [0.05, 0.1) is 16.0 Å². The van der Waals surface area contributed by atoms with Gasteiger partial charge in [-0.2, -0.15) is 0 Å². The van der Waals surface area contributed by atoms with E-state index in [4.69, 9.17) is 0 Å². The molecule has 3 aromatic rings. The van der Waals surface area contributed by atoms with Gasteiger partial charge in [-0.1, -0.05) is 29.5 Å². The number of halogens is 1. The normalized spacial score (nSPS) is 15.1. The van der Waals surface area contributed by atoms with Crippen LogP contribution in [0.3, 0.4) is 0 Å². The van der Waals surface area contributed by atoms with Crippen LogP contribution in [0.15, 0.2) is 47.4 Å². The van der Waals surface area contributed by atoms with E-state index in [1.54, 1.807) is 23.1 Å². The van der Waals surface area contributed by atoms with Crippen LogP contribution in [0.5, 0.6) is 0 Å². The van der Waals surface area contributed by atoms with Crippen LogP contribution in [0, 0.1) is 5.82 Å². The fourth-order valence-corrected chi connectivity index (χ4v) is 4.99. The zero-order valence-electron chi connectivity index (χ0n) is 15.8. The molecule has 0 spiro atoms. The maximum Gasteiger partial charge on any atom is 0.227 e.